The molecule has 0 aliphatic carbocycles. The topological polar surface area (TPSA) is 84.6 Å². The molecular weight excluding hydrogens is 340 g/mol. The number of nitrogens with zero attached hydrogens (tertiary/aromatic N) is 2. The minimum Gasteiger partial charge on any atom is -0.503 e. The summed E-state index contributed by atoms with van der Waals surface area (Å²) in [6.07, 6.45) is 0.756. The normalized spacial score (nSPS) is 10.8. The standard InChI is InChI=1S/C18H18N2O4S/c1-4-11-9-25-18(19-11)15-17(23)16(22)14(10(2)21)20(15)12-5-7-13(24-3)8-6-12/h5-9,22-23H,4H2,1-3H3. The van der Waals surface area contributed by atoms with Crippen LogP contribution < -0.4 is 4.74 Å². The van der Waals surface area contributed by atoms with Crippen LogP contribution in [-0.2, 0) is 6.42 Å². The first-order chi connectivity index (χ1) is 12.0. The van der Waals surface area contributed by atoms with E-state index < -0.39 is 5.75 Å². The maximum atomic E-state index is 12.1. The molecule has 2 heterocycles. The van der Waals surface area contributed by atoms with Gasteiger partial charge in [-0.15, -0.1) is 11.3 Å². The Morgan fingerprint density at radius 2 is 1.92 bits per heavy atom. The van der Waals surface area contributed by atoms with Crippen LogP contribution in [0.25, 0.3) is 16.4 Å². The molecule has 2 N–H and O–H groups in total. The molecule has 0 fully saturated rings. The minimum atomic E-state index is -0.438. The van der Waals surface area contributed by atoms with Gasteiger partial charge in [-0.2, -0.15) is 0 Å². The number of carbonyl (C=O) groups is 1. The number of aromatic nitrogens is 2. The van der Waals surface area contributed by atoms with Crippen LogP contribution in [-0.4, -0.2) is 32.7 Å². The first-order valence-corrected chi connectivity index (χ1v) is 8.62. The molecule has 0 saturated carbocycles. The maximum absolute atomic E-state index is 12.1. The van der Waals surface area contributed by atoms with E-state index in [-0.39, 0.29) is 17.2 Å². The lowest BCUT2D eigenvalue weighted by atomic mass is 10.2. The third-order valence-electron chi connectivity index (χ3n) is 3.90. The number of aromatic hydroxyl groups is 2. The maximum Gasteiger partial charge on any atom is 0.188 e. The average Bonchev–Trinajstić information content (AvgIpc) is 3.18. The Balaban J connectivity index is 2.29. The number of carbonyl (C=O) groups excluding carboxylic acids is 1. The predicted molar refractivity (Wildman–Crippen MR) is 96.1 cm³/mol. The van der Waals surface area contributed by atoms with Crippen LogP contribution in [0.3, 0.4) is 0 Å². The molecule has 2 aromatic heterocycles. The van der Waals surface area contributed by atoms with Gasteiger partial charge in [0.15, 0.2) is 17.3 Å². The predicted octanol–water partition coefficient (Wildman–Crippen LogP) is 3.79. The Bertz CT molecular complexity index is 925. The molecule has 7 heteroatoms. The molecule has 6 nitrogen and oxygen atoms in total. The number of ether oxygens (including phenoxy) is 1. The van der Waals surface area contributed by atoms with Crippen molar-refractivity contribution in [1.82, 2.24) is 9.55 Å². The van der Waals surface area contributed by atoms with Crippen LogP contribution in [0.5, 0.6) is 17.2 Å². The molecule has 0 aliphatic heterocycles. The molecule has 0 radical (unpaired) electrons. The SMILES string of the molecule is CCc1csc(-c2c(O)c(O)c(C(C)=O)n2-c2ccc(OC)cc2)n1. The van der Waals surface area contributed by atoms with E-state index in [1.165, 1.54) is 22.8 Å². The van der Waals surface area contributed by atoms with E-state index >= 15 is 0 Å². The van der Waals surface area contributed by atoms with Gasteiger partial charge in [0.25, 0.3) is 0 Å². The van der Waals surface area contributed by atoms with Gasteiger partial charge in [-0.25, -0.2) is 4.98 Å². The van der Waals surface area contributed by atoms with E-state index in [0.29, 0.717) is 22.1 Å². The molecule has 3 rings (SSSR count). The lowest BCUT2D eigenvalue weighted by Gasteiger charge is -2.11. The van der Waals surface area contributed by atoms with Gasteiger partial charge in [0.1, 0.15) is 22.1 Å². The second-order valence-electron chi connectivity index (χ2n) is 5.48. The van der Waals surface area contributed by atoms with Crippen LogP contribution >= 0.6 is 11.3 Å². The molecule has 0 saturated heterocycles. The second-order valence-corrected chi connectivity index (χ2v) is 6.34. The van der Waals surface area contributed by atoms with Gasteiger partial charge in [0.05, 0.1) is 12.8 Å². The lowest BCUT2D eigenvalue weighted by molar-refractivity contribution is 0.100. The van der Waals surface area contributed by atoms with Gasteiger partial charge < -0.3 is 14.9 Å². The summed E-state index contributed by atoms with van der Waals surface area (Å²) >= 11 is 1.35. The monoisotopic (exact) mass is 358 g/mol. The highest BCUT2D eigenvalue weighted by Gasteiger charge is 2.28. The summed E-state index contributed by atoms with van der Waals surface area (Å²) in [5.74, 6) is -0.482. The van der Waals surface area contributed by atoms with E-state index in [2.05, 4.69) is 4.98 Å². The molecule has 0 atom stereocenters. The van der Waals surface area contributed by atoms with Gasteiger partial charge in [-0.3, -0.25) is 9.36 Å². The van der Waals surface area contributed by atoms with Crippen molar-refractivity contribution >= 4 is 17.1 Å². The van der Waals surface area contributed by atoms with Crippen molar-refractivity contribution in [3.63, 3.8) is 0 Å². The Labute approximate surface area is 149 Å². The van der Waals surface area contributed by atoms with Gasteiger partial charge in [-0.05, 0) is 30.7 Å². The van der Waals surface area contributed by atoms with Crippen molar-refractivity contribution in [1.29, 1.82) is 0 Å². The highest BCUT2D eigenvalue weighted by molar-refractivity contribution is 7.13. The zero-order valence-corrected chi connectivity index (χ0v) is 14.9. The van der Waals surface area contributed by atoms with Gasteiger partial charge >= 0.3 is 0 Å². The number of aryl methyl sites for hydroxylation is 1. The summed E-state index contributed by atoms with van der Waals surface area (Å²) in [5.41, 5.74) is 1.82. The number of thiazole rings is 1. The summed E-state index contributed by atoms with van der Waals surface area (Å²) in [4.78, 5) is 16.6. The molecule has 0 unspecified atom stereocenters. The third-order valence-corrected chi connectivity index (χ3v) is 4.80. The van der Waals surface area contributed by atoms with E-state index in [0.717, 1.165) is 12.1 Å². The van der Waals surface area contributed by atoms with Crippen LogP contribution in [0.2, 0.25) is 0 Å². The number of hydrogen-bond donors (Lipinski definition) is 2. The molecule has 0 amide bonds. The Hall–Kier alpha value is -2.80. The first-order valence-electron chi connectivity index (χ1n) is 7.74. The van der Waals surface area contributed by atoms with Crippen molar-refractivity contribution in [3.8, 4) is 33.6 Å². The summed E-state index contributed by atoms with van der Waals surface area (Å²) in [7, 11) is 1.57. The highest BCUT2D eigenvalue weighted by atomic mass is 32.1. The van der Waals surface area contributed by atoms with Crippen LogP contribution in [0.4, 0.5) is 0 Å². The lowest BCUT2D eigenvalue weighted by Crippen LogP contribution is -2.06. The number of Topliss-reactive ketones (excluding diaryl/α,β-unsaturated/α-hetero) is 1. The fraction of sp³-hybridized carbons (Fsp3) is 0.222. The molecule has 3 aromatic rings. The molecule has 0 spiro atoms. The van der Waals surface area contributed by atoms with Crippen molar-refractivity contribution < 1.29 is 19.7 Å². The van der Waals surface area contributed by atoms with Crippen LogP contribution in [0.1, 0.15) is 30.0 Å². The van der Waals surface area contributed by atoms with E-state index in [1.54, 1.807) is 31.4 Å². The van der Waals surface area contributed by atoms with E-state index in [9.17, 15) is 15.0 Å². The smallest absolute Gasteiger partial charge is 0.188 e. The number of methoxy groups -OCH3 is 1. The van der Waals surface area contributed by atoms with E-state index in [4.69, 9.17) is 4.74 Å². The van der Waals surface area contributed by atoms with Gasteiger partial charge in [0.2, 0.25) is 0 Å². The molecule has 130 valence electrons. The molecule has 1 aromatic carbocycles. The second kappa shape index (κ2) is 6.60. The quantitative estimate of drug-likeness (QED) is 0.678. The van der Waals surface area contributed by atoms with Crippen molar-refractivity contribution in [2.75, 3.05) is 7.11 Å². The van der Waals surface area contributed by atoms with Crippen LogP contribution in [0.15, 0.2) is 29.6 Å². The molecule has 0 aliphatic rings. The highest BCUT2D eigenvalue weighted by Crippen LogP contribution is 2.45. The van der Waals surface area contributed by atoms with Gasteiger partial charge in [0, 0.05) is 18.0 Å². The van der Waals surface area contributed by atoms with Crippen molar-refractivity contribution in [2.24, 2.45) is 0 Å². The summed E-state index contributed by atoms with van der Waals surface area (Å²) < 4.78 is 6.69. The van der Waals surface area contributed by atoms with Crippen LogP contribution in [0, 0.1) is 0 Å². The number of ketones is 1. The zero-order valence-electron chi connectivity index (χ0n) is 14.1. The number of hydrogen-bond acceptors (Lipinski definition) is 6. The first kappa shape index (κ1) is 17.0. The Morgan fingerprint density at radius 3 is 2.44 bits per heavy atom. The average molecular weight is 358 g/mol. The zero-order chi connectivity index (χ0) is 18.1. The Kier molecular flexibility index (Phi) is 4.50. The number of benzene rings is 1. The third kappa shape index (κ3) is 2.87. The van der Waals surface area contributed by atoms with Crippen molar-refractivity contribution in [2.45, 2.75) is 20.3 Å². The Morgan fingerprint density at radius 1 is 1.24 bits per heavy atom. The largest absolute Gasteiger partial charge is 0.503 e. The fourth-order valence-electron chi connectivity index (χ4n) is 2.64. The summed E-state index contributed by atoms with van der Waals surface area (Å²) in [6, 6.07) is 7.00. The summed E-state index contributed by atoms with van der Waals surface area (Å²) in [6.45, 7) is 3.33. The fourth-order valence-corrected chi connectivity index (χ4v) is 3.57. The minimum absolute atomic E-state index is 0.0194. The van der Waals surface area contributed by atoms with Gasteiger partial charge in [-0.1, -0.05) is 6.92 Å². The van der Waals surface area contributed by atoms with Crippen molar-refractivity contribution in [3.05, 3.63) is 41.0 Å². The summed E-state index contributed by atoms with van der Waals surface area (Å²) in [5, 5.41) is 23.2. The number of rotatable bonds is 5. The molecule has 25 heavy (non-hydrogen) atoms. The molecule has 0 bridgehead atoms. The van der Waals surface area contributed by atoms with E-state index in [1.807, 2.05) is 12.3 Å². The molecular formula is C18H18N2O4S.